The minimum Gasteiger partial charge on any atom is -0.497 e. The van der Waals surface area contributed by atoms with Crippen LogP contribution in [0.5, 0.6) is 5.75 Å². The second kappa shape index (κ2) is 10.6. The molecule has 3 aromatic carbocycles. The van der Waals surface area contributed by atoms with Crippen LogP contribution in [0.1, 0.15) is 16.7 Å². The molecule has 178 valence electrons. The van der Waals surface area contributed by atoms with Gasteiger partial charge in [-0.15, -0.1) is 0 Å². The van der Waals surface area contributed by atoms with Crippen molar-refractivity contribution in [3.8, 4) is 5.75 Å². The third-order valence-electron chi connectivity index (χ3n) is 5.15. The number of amidine groups is 1. The highest BCUT2D eigenvalue weighted by Crippen LogP contribution is 2.31. The first-order valence-corrected chi connectivity index (χ1v) is 11.9. The molecule has 1 heterocycles. The first-order valence-electron chi connectivity index (χ1n) is 10.9. The van der Waals surface area contributed by atoms with E-state index in [9.17, 15) is 14.0 Å². The van der Waals surface area contributed by atoms with Crippen molar-refractivity contribution in [1.82, 2.24) is 0 Å². The lowest BCUT2D eigenvalue weighted by Crippen LogP contribution is -2.31. The molecule has 0 aliphatic carbocycles. The lowest BCUT2D eigenvalue weighted by molar-refractivity contribution is -0.114. The van der Waals surface area contributed by atoms with Crippen LogP contribution >= 0.6 is 11.8 Å². The van der Waals surface area contributed by atoms with Gasteiger partial charge in [0.25, 0.3) is 5.91 Å². The maximum atomic E-state index is 13.4. The van der Waals surface area contributed by atoms with E-state index in [-0.39, 0.29) is 23.3 Å². The molecule has 4 rings (SSSR count). The van der Waals surface area contributed by atoms with E-state index in [0.29, 0.717) is 22.3 Å². The highest BCUT2D eigenvalue weighted by Gasteiger charge is 2.32. The Bertz CT molecular complexity index is 1320. The Labute approximate surface area is 207 Å². The molecule has 35 heavy (non-hydrogen) atoms. The third kappa shape index (κ3) is 5.96. The first kappa shape index (κ1) is 24.2. The second-order valence-corrected chi connectivity index (χ2v) is 8.97. The zero-order valence-electron chi connectivity index (χ0n) is 19.5. The quantitative estimate of drug-likeness (QED) is 0.460. The molecule has 1 aliphatic heterocycles. The van der Waals surface area contributed by atoms with Gasteiger partial charge in [0.1, 0.15) is 17.3 Å². The van der Waals surface area contributed by atoms with Gasteiger partial charge in [0.05, 0.1) is 18.6 Å². The molecule has 0 fully saturated rings. The fraction of sp³-hybridized carbons (Fsp3) is 0.148. The predicted molar refractivity (Wildman–Crippen MR) is 139 cm³/mol. The van der Waals surface area contributed by atoms with Crippen LogP contribution in [0.25, 0.3) is 6.08 Å². The van der Waals surface area contributed by atoms with Crippen molar-refractivity contribution in [2.24, 2.45) is 4.99 Å². The van der Waals surface area contributed by atoms with Gasteiger partial charge in [-0.3, -0.25) is 14.5 Å². The minimum absolute atomic E-state index is 0.000258. The summed E-state index contributed by atoms with van der Waals surface area (Å²) >= 11 is 1.14. The standard InChI is InChI=1S/C27H24FN3O3S/c1-17-11-18(2)13-22(12-17)31-26(33)24(14-19-7-9-23(34-3)10-8-19)30-27(31)35-16-25(32)29-21-6-4-5-20(28)15-21/h4-15H,16H2,1-3H3,(H,29,32)/b24-14+. The number of nitrogens with zero attached hydrogens (tertiary/aromatic N) is 2. The Morgan fingerprint density at radius 2 is 1.80 bits per heavy atom. The molecule has 0 bridgehead atoms. The molecular weight excluding hydrogens is 465 g/mol. The number of hydrogen-bond donors (Lipinski definition) is 1. The average molecular weight is 490 g/mol. The Morgan fingerprint density at radius 3 is 2.46 bits per heavy atom. The van der Waals surface area contributed by atoms with Crippen LogP contribution in [0.4, 0.5) is 15.8 Å². The Balaban J connectivity index is 1.60. The summed E-state index contributed by atoms with van der Waals surface area (Å²) in [4.78, 5) is 32.0. The molecule has 1 aliphatic rings. The molecule has 8 heteroatoms. The average Bonchev–Trinajstić information content (AvgIpc) is 3.12. The number of amides is 2. The normalized spacial score (nSPS) is 14.3. The molecule has 3 aromatic rings. The van der Waals surface area contributed by atoms with Crippen molar-refractivity contribution in [1.29, 1.82) is 0 Å². The molecule has 0 unspecified atom stereocenters. The number of carbonyl (C=O) groups is 2. The predicted octanol–water partition coefficient (Wildman–Crippen LogP) is 5.57. The summed E-state index contributed by atoms with van der Waals surface area (Å²) in [6.45, 7) is 3.92. The van der Waals surface area contributed by atoms with E-state index >= 15 is 0 Å². The van der Waals surface area contributed by atoms with Crippen molar-refractivity contribution >= 4 is 46.2 Å². The van der Waals surface area contributed by atoms with Crippen LogP contribution in [0.15, 0.2) is 77.4 Å². The summed E-state index contributed by atoms with van der Waals surface area (Å²) < 4.78 is 18.6. The fourth-order valence-electron chi connectivity index (χ4n) is 3.65. The molecule has 2 amide bonds. The molecular formula is C27H24FN3O3S. The third-order valence-corrected chi connectivity index (χ3v) is 6.09. The maximum absolute atomic E-state index is 13.4. The molecule has 1 N–H and O–H groups in total. The number of anilines is 2. The van der Waals surface area contributed by atoms with Gasteiger partial charge < -0.3 is 10.1 Å². The van der Waals surface area contributed by atoms with E-state index < -0.39 is 5.82 Å². The molecule has 0 saturated carbocycles. The van der Waals surface area contributed by atoms with Crippen LogP contribution in [0.2, 0.25) is 0 Å². The van der Waals surface area contributed by atoms with Gasteiger partial charge in [-0.2, -0.15) is 0 Å². The number of ether oxygens (including phenoxy) is 1. The number of carbonyl (C=O) groups excluding carboxylic acids is 2. The van der Waals surface area contributed by atoms with Gasteiger partial charge in [-0.1, -0.05) is 36.0 Å². The summed E-state index contributed by atoms with van der Waals surface area (Å²) in [5.41, 5.74) is 4.13. The lowest BCUT2D eigenvalue weighted by Gasteiger charge is -2.19. The van der Waals surface area contributed by atoms with E-state index in [1.54, 1.807) is 19.3 Å². The van der Waals surface area contributed by atoms with Crippen molar-refractivity contribution in [2.45, 2.75) is 13.8 Å². The van der Waals surface area contributed by atoms with Crippen LogP contribution < -0.4 is 15.0 Å². The highest BCUT2D eigenvalue weighted by molar-refractivity contribution is 8.14. The summed E-state index contributed by atoms with van der Waals surface area (Å²) in [7, 11) is 1.59. The highest BCUT2D eigenvalue weighted by atomic mass is 32.2. The Morgan fingerprint density at radius 1 is 1.09 bits per heavy atom. The molecule has 6 nitrogen and oxygen atoms in total. The minimum atomic E-state index is -0.435. The van der Waals surface area contributed by atoms with Crippen LogP contribution in [-0.2, 0) is 9.59 Å². The molecule has 0 spiro atoms. The molecule has 0 saturated heterocycles. The number of benzene rings is 3. The van der Waals surface area contributed by atoms with Gasteiger partial charge in [-0.05, 0) is 79.1 Å². The van der Waals surface area contributed by atoms with Crippen molar-refractivity contribution < 1.29 is 18.7 Å². The number of aliphatic imine (C=N–C) groups is 1. The van der Waals surface area contributed by atoms with Crippen molar-refractivity contribution in [3.05, 3.63) is 94.9 Å². The van der Waals surface area contributed by atoms with Gasteiger partial charge in [-0.25, -0.2) is 9.38 Å². The monoisotopic (exact) mass is 489 g/mol. The summed E-state index contributed by atoms with van der Waals surface area (Å²) in [6, 6.07) is 18.8. The zero-order valence-corrected chi connectivity index (χ0v) is 20.4. The second-order valence-electron chi connectivity index (χ2n) is 8.03. The van der Waals surface area contributed by atoms with Crippen LogP contribution in [-0.4, -0.2) is 29.8 Å². The van der Waals surface area contributed by atoms with Crippen LogP contribution in [0.3, 0.4) is 0 Å². The summed E-state index contributed by atoms with van der Waals surface area (Å²) in [6.07, 6.45) is 1.71. The van der Waals surface area contributed by atoms with Gasteiger partial charge >= 0.3 is 0 Å². The van der Waals surface area contributed by atoms with E-state index in [0.717, 1.165) is 28.5 Å². The first-order chi connectivity index (χ1) is 16.8. The number of thioether (sulfide) groups is 1. The van der Waals surface area contributed by atoms with Crippen LogP contribution in [0, 0.1) is 19.7 Å². The Kier molecular flexibility index (Phi) is 7.31. The van der Waals surface area contributed by atoms with E-state index in [1.165, 1.54) is 23.1 Å². The maximum Gasteiger partial charge on any atom is 0.283 e. The van der Waals surface area contributed by atoms with E-state index in [4.69, 9.17) is 4.74 Å². The number of aryl methyl sites for hydroxylation is 2. The van der Waals surface area contributed by atoms with Crippen molar-refractivity contribution in [2.75, 3.05) is 23.1 Å². The van der Waals surface area contributed by atoms with Crippen molar-refractivity contribution in [3.63, 3.8) is 0 Å². The SMILES string of the molecule is COc1ccc(/C=C2/N=C(SCC(=O)Nc3cccc(F)c3)N(c3cc(C)cc(C)c3)C2=O)cc1. The van der Waals surface area contributed by atoms with Gasteiger partial charge in [0.15, 0.2) is 5.17 Å². The van der Waals surface area contributed by atoms with E-state index in [1.807, 2.05) is 56.3 Å². The zero-order chi connectivity index (χ0) is 24.9. The number of hydrogen-bond acceptors (Lipinski definition) is 5. The lowest BCUT2D eigenvalue weighted by atomic mass is 10.1. The fourth-order valence-corrected chi connectivity index (χ4v) is 4.46. The number of halogens is 1. The molecule has 0 aromatic heterocycles. The molecule has 0 atom stereocenters. The van der Waals surface area contributed by atoms with E-state index in [2.05, 4.69) is 10.3 Å². The number of rotatable bonds is 6. The largest absolute Gasteiger partial charge is 0.497 e. The molecule has 0 radical (unpaired) electrons. The van der Waals surface area contributed by atoms with Gasteiger partial charge in [0, 0.05) is 5.69 Å². The summed E-state index contributed by atoms with van der Waals surface area (Å²) in [5, 5.41) is 3.07. The Hall–Kier alpha value is -3.91. The smallest absolute Gasteiger partial charge is 0.283 e. The topological polar surface area (TPSA) is 71.0 Å². The summed E-state index contributed by atoms with van der Waals surface area (Å²) in [5.74, 6) is -0.330. The number of methoxy groups -OCH3 is 1. The van der Waals surface area contributed by atoms with Gasteiger partial charge in [0.2, 0.25) is 5.91 Å². The number of nitrogens with one attached hydrogen (secondary N) is 1.